The van der Waals surface area contributed by atoms with Gasteiger partial charge in [-0.3, -0.25) is 0 Å². The van der Waals surface area contributed by atoms with Gasteiger partial charge in [-0.05, 0) is 0 Å². The van der Waals surface area contributed by atoms with E-state index in [1.165, 1.54) is 0 Å². The van der Waals surface area contributed by atoms with Crippen LogP contribution in [0.25, 0.3) is 0 Å². The minimum Gasteiger partial charge on any atom is -0.391 e. The highest BCUT2D eigenvalue weighted by atomic mass is 36.5. The van der Waals surface area contributed by atoms with Gasteiger partial charge in [0.1, 0.15) is 6.54 Å². The minimum absolute atomic E-state index is 0.281. The zero-order valence-electron chi connectivity index (χ0n) is 6.06. The average Bonchev–Trinajstić information content (AvgIpc) is 1.69. The summed E-state index contributed by atoms with van der Waals surface area (Å²) in [6.07, 6.45) is 0. The molecule has 0 fully saturated rings. The Labute approximate surface area is 66.2 Å². The highest BCUT2D eigenvalue weighted by Crippen LogP contribution is 1.84. The average molecular weight is 175 g/mol. The van der Waals surface area contributed by atoms with E-state index in [4.69, 9.17) is 5.11 Å². The fourth-order valence-corrected chi connectivity index (χ4v) is 0.300. The molecule has 0 saturated heterocycles. The summed E-state index contributed by atoms with van der Waals surface area (Å²) in [5.74, 6) is 0. The highest BCUT2D eigenvalue weighted by Gasteiger charge is 2.02. The number of hydrogen-bond donors (Lipinski definition) is 1. The molecular formula is C5H14Cl2NO+. The number of nitrogens with zero attached hydrogens (tertiary/aromatic N) is 1. The Morgan fingerprint density at radius 2 is 1.56 bits per heavy atom. The van der Waals surface area contributed by atoms with Crippen molar-refractivity contribution in [2.75, 3.05) is 34.3 Å². The first kappa shape index (κ1) is 12.2. The molecule has 0 rings (SSSR count). The standard InChI is InChI=1S/C5H14NO.Cl2/c1-6(2,3)4-5-7;1-2/h7H,4-5H2,1-3H3;/q+1;. The molecule has 0 atom stereocenters. The first-order valence-corrected chi connectivity index (χ1v) is 3.76. The summed E-state index contributed by atoms with van der Waals surface area (Å²) in [6.45, 7) is 1.11. The molecule has 0 unspecified atom stereocenters. The quantitative estimate of drug-likeness (QED) is 0.622. The van der Waals surface area contributed by atoms with Gasteiger partial charge in [-0.1, -0.05) is 0 Å². The maximum Gasteiger partial charge on any atom is 0.101 e. The molecular weight excluding hydrogens is 161 g/mol. The summed E-state index contributed by atoms with van der Waals surface area (Å²) >= 11 is 0. The van der Waals surface area contributed by atoms with E-state index in [0.29, 0.717) is 0 Å². The van der Waals surface area contributed by atoms with Crippen molar-refractivity contribution in [2.24, 2.45) is 0 Å². The van der Waals surface area contributed by atoms with Crippen molar-refractivity contribution < 1.29 is 9.59 Å². The number of likely N-dealkylation sites (N-methyl/N-ethyl adjacent to an activating group) is 1. The molecule has 0 aromatic rings. The number of quaternary nitrogens is 1. The molecule has 0 amide bonds. The van der Waals surface area contributed by atoms with Crippen LogP contribution in [-0.4, -0.2) is 43.9 Å². The molecule has 9 heavy (non-hydrogen) atoms. The van der Waals surface area contributed by atoms with Crippen LogP contribution in [0.1, 0.15) is 0 Å². The SMILES string of the molecule is C[N+](C)(C)CCO.ClCl. The Bertz CT molecular complexity index is 53.4. The predicted octanol–water partition coefficient (Wildman–Crippen LogP) is 1.06. The Morgan fingerprint density at radius 1 is 1.22 bits per heavy atom. The lowest BCUT2D eigenvalue weighted by molar-refractivity contribution is -0.870. The van der Waals surface area contributed by atoms with E-state index < -0.39 is 0 Å². The van der Waals surface area contributed by atoms with Crippen LogP contribution in [0.5, 0.6) is 0 Å². The van der Waals surface area contributed by atoms with Gasteiger partial charge in [0.2, 0.25) is 0 Å². The Balaban J connectivity index is 0. The molecule has 0 aliphatic carbocycles. The lowest BCUT2D eigenvalue weighted by Crippen LogP contribution is -2.36. The van der Waals surface area contributed by atoms with Crippen LogP contribution in [0.15, 0.2) is 0 Å². The minimum atomic E-state index is 0.281. The van der Waals surface area contributed by atoms with E-state index in [-0.39, 0.29) is 6.61 Å². The van der Waals surface area contributed by atoms with Crippen molar-refractivity contribution >= 4 is 21.7 Å². The zero-order valence-corrected chi connectivity index (χ0v) is 7.58. The Hall–Kier alpha value is 0.500. The van der Waals surface area contributed by atoms with Gasteiger partial charge in [0, 0.05) is 21.7 Å². The number of aliphatic hydroxyl groups excluding tert-OH is 1. The number of aliphatic hydroxyl groups is 1. The van der Waals surface area contributed by atoms with Gasteiger partial charge in [-0.15, -0.1) is 0 Å². The molecule has 2 nitrogen and oxygen atoms in total. The van der Waals surface area contributed by atoms with Crippen molar-refractivity contribution in [2.45, 2.75) is 0 Å². The third-order valence-corrected chi connectivity index (χ3v) is 0.771. The molecule has 0 spiro atoms. The number of hydrogen-bond acceptors (Lipinski definition) is 1. The second kappa shape index (κ2) is 6.62. The lowest BCUT2D eigenvalue weighted by atomic mass is 10.5. The zero-order chi connectivity index (χ0) is 7.91. The van der Waals surface area contributed by atoms with Gasteiger partial charge in [0.15, 0.2) is 0 Å². The van der Waals surface area contributed by atoms with Crippen LogP contribution in [0.4, 0.5) is 0 Å². The highest BCUT2D eigenvalue weighted by molar-refractivity contribution is 6.85. The molecule has 0 bridgehead atoms. The van der Waals surface area contributed by atoms with Crippen LogP contribution in [-0.2, 0) is 0 Å². The van der Waals surface area contributed by atoms with Gasteiger partial charge >= 0.3 is 0 Å². The van der Waals surface area contributed by atoms with Crippen LogP contribution >= 0.6 is 21.7 Å². The predicted molar refractivity (Wildman–Crippen MR) is 41.7 cm³/mol. The number of halogens is 2. The monoisotopic (exact) mass is 174 g/mol. The van der Waals surface area contributed by atoms with Crippen LogP contribution in [0.3, 0.4) is 0 Å². The molecule has 4 heteroatoms. The summed E-state index contributed by atoms with van der Waals surface area (Å²) in [5, 5.41) is 8.39. The van der Waals surface area contributed by atoms with Crippen molar-refractivity contribution in [3.8, 4) is 0 Å². The number of rotatable bonds is 2. The second-order valence-corrected chi connectivity index (χ2v) is 2.74. The van der Waals surface area contributed by atoms with Gasteiger partial charge < -0.3 is 9.59 Å². The third-order valence-electron chi connectivity index (χ3n) is 0.771. The van der Waals surface area contributed by atoms with Crippen LogP contribution < -0.4 is 0 Å². The van der Waals surface area contributed by atoms with Crippen LogP contribution in [0, 0.1) is 0 Å². The summed E-state index contributed by atoms with van der Waals surface area (Å²) < 4.78 is 0.844. The van der Waals surface area contributed by atoms with E-state index in [0.717, 1.165) is 11.0 Å². The van der Waals surface area contributed by atoms with Gasteiger partial charge in [-0.2, -0.15) is 0 Å². The van der Waals surface area contributed by atoms with E-state index in [1.807, 2.05) is 0 Å². The van der Waals surface area contributed by atoms with Crippen molar-refractivity contribution in [3.63, 3.8) is 0 Å². The van der Waals surface area contributed by atoms with Crippen LogP contribution in [0.2, 0.25) is 0 Å². The van der Waals surface area contributed by atoms with E-state index in [1.54, 1.807) is 0 Å². The first-order chi connectivity index (χ1) is 4.06. The molecule has 0 saturated carbocycles. The summed E-state index contributed by atoms with van der Waals surface area (Å²) in [5.41, 5.74) is 0. The van der Waals surface area contributed by atoms with E-state index >= 15 is 0 Å². The molecule has 58 valence electrons. The van der Waals surface area contributed by atoms with Gasteiger partial charge in [0.25, 0.3) is 0 Å². The Morgan fingerprint density at radius 3 is 1.56 bits per heavy atom. The topological polar surface area (TPSA) is 20.2 Å². The molecule has 0 aliphatic rings. The fourth-order valence-electron chi connectivity index (χ4n) is 0.300. The second-order valence-electron chi connectivity index (χ2n) is 2.74. The fraction of sp³-hybridized carbons (Fsp3) is 1.00. The summed E-state index contributed by atoms with van der Waals surface area (Å²) in [7, 11) is 14.4. The Kier molecular flexibility index (Phi) is 8.97. The summed E-state index contributed by atoms with van der Waals surface area (Å²) in [6, 6.07) is 0. The largest absolute Gasteiger partial charge is 0.391 e. The first-order valence-electron chi connectivity index (χ1n) is 2.62. The smallest absolute Gasteiger partial charge is 0.101 e. The normalized spacial score (nSPS) is 10.0. The van der Waals surface area contributed by atoms with Crippen molar-refractivity contribution in [1.29, 1.82) is 0 Å². The summed E-state index contributed by atoms with van der Waals surface area (Å²) in [4.78, 5) is 0. The molecule has 1 N–H and O–H groups in total. The van der Waals surface area contributed by atoms with Gasteiger partial charge in [0.05, 0.1) is 27.7 Å². The van der Waals surface area contributed by atoms with Crippen molar-refractivity contribution in [1.82, 2.24) is 0 Å². The molecule has 0 heterocycles. The van der Waals surface area contributed by atoms with E-state index in [2.05, 4.69) is 42.9 Å². The van der Waals surface area contributed by atoms with Crippen molar-refractivity contribution in [3.05, 3.63) is 0 Å². The lowest BCUT2D eigenvalue weighted by Gasteiger charge is -2.21. The molecule has 0 aromatic carbocycles. The van der Waals surface area contributed by atoms with E-state index in [9.17, 15) is 0 Å². The molecule has 0 radical (unpaired) electrons. The van der Waals surface area contributed by atoms with Gasteiger partial charge in [-0.25, -0.2) is 0 Å². The maximum absolute atomic E-state index is 8.39. The third kappa shape index (κ3) is 17.7. The molecule has 0 aliphatic heterocycles. The maximum atomic E-state index is 8.39. The molecule has 0 aromatic heterocycles.